The highest BCUT2D eigenvalue weighted by atomic mass is 16.5. The molecule has 1 saturated heterocycles. The summed E-state index contributed by atoms with van der Waals surface area (Å²) in [6, 6.07) is 15.9. The Morgan fingerprint density at radius 3 is 2.64 bits per heavy atom. The molecule has 0 spiro atoms. The largest absolute Gasteiger partial charge is 0.497 e. The van der Waals surface area contributed by atoms with Crippen LogP contribution in [0.15, 0.2) is 60.2 Å². The van der Waals surface area contributed by atoms with E-state index < -0.39 is 0 Å². The summed E-state index contributed by atoms with van der Waals surface area (Å²) in [6.07, 6.45) is 4.25. The number of para-hydroxylation sites is 1. The van der Waals surface area contributed by atoms with Crippen LogP contribution < -0.4 is 10.1 Å². The molecule has 4 heteroatoms. The molecule has 1 atom stereocenters. The van der Waals surface area contributed by atoms with Crippen molar-refractivity contribution in [2.24, 2.45) is 5.92 Å². The van der Waals surface area contributed by atoms with Gasteiger partial charge in [-0.05, 0) is 57.0 Å². The predicted octanol–water partition coefficient (Wildman–Crippen LogP) is 4.98. The molecule has 0 saturated carbocycles. The van der Waals surface area contributed by atoms with Crippen LogP contribution in [0.4, 0.5) is 5.69 Å². The van der Waals surface area contributed by atoms with Gasteiger partial charge in [-0.15, -0.1) is 0 Å². The number of likely N-dealkylation sites (tertiary alicyclic amines) is 1. The van der Waals surface area contributed by atoms with Crippen LogP contribution >= 0.6 is 0 Å². The molecule has 0 aromatic heterocycles. The summed E-state index contributed by atoms with van der Waals surface area (Å²) < 4.78 is 5.25. The normalized spacial score (nSPS) is 17.0. The zero-order chi connectivity index (χ0) is 19.9. The minimum Gasteiger partial charge on any atom is -0.497 e. The van der Waals surface area contributed by atoms with Crippen molar-refractivity contribution in [1.29, 1.82) is 0 Å². The van der Waals surface area contributed by atoms with Gasteiger partial charge in [0.25, 0.3) is 0 Å². The molecule has 1 N–H and O–H groups in total. The summed E-state index contributed by atoms with van der Waals surface area (Å²) in [5, 5.41) is 3.18. The Kier molecular flexibility index (Phi) is 6.88. The fourth-order valence-corrected chi connectivity index (χ4v) is 3.60. The third-order valence-electron chi connectivity index (χ3n) is 5.22. The van der Waals surface area contributed by atoms with Gasteiger partial charge < -0.3 is 10.1 Å². The number of carbonyl (C=O) groups excluding carboxylic acids is 1. The number of anilines is 1. The second kappa shape index (κ2) is 9.56. The number of hydrogen-bond donors (Lipinski definition) is 1. The number of carbonyl (C=O) groups is 1. The first-order valence-electron chi connectivity index (χ1n) is 9.97. The third-order valence-corrected chi connectivity index (χ3v) is 5.22. The highest BCUT2D eigenvalue weighted by molar-refractivity contribution is 5.97. The van der Waals surface area contributed by atoms with Gasteiger partial charge in [-0.1, -0.05) is 42.0 Å². The topological polar surface area (TPSA) is 41.6 Å². The van der Waals surface area contributed by atoms with Crippen molar-refractivity contribution in [3.63, 3.8) is 0 Å². The number of methoxy groups -OCH3 is 1. The summed E-state index contributed by atoms with van der Waals surface area (Å²) in [4.78, 5) is 15.3. The minimum absolute atomic E-state index is 0.0308. The Labute approximate surface area is 168 Å². The van der Waals surface area contributed by atoms with Crippen molar-refractivity contribution in [2.45, 2.75) is 26.7 Å². The lowest BCUT2D eigenvalue weighted by atomic mass is 9.96. The van der Waals surface area contributed by atoms with E-state index in [4.69, 9.17) is 4.74 Å². The molecule has 1 aliphatic rings. The van der Waals surface area contributed by atoms with Crippen LogP contribution in [-0.2, 0) is 4.79 Å². The lowest BCUT2D eigenvalue weighted by molar-refractivity contribution is -0.121. The van der Waals surface area contributed by atoms with Crippen LogP contribution in [0.3, 0.4) is 0 Å². The molecule has 4 nitrogen and oxygen atoms in total. The van der Waals surface area contributed by atoms with Gasteiger partial charge in [0.05, 0.1) is 13.0 Å². The average Bonchev–Trinajstić information content (AvgIpc) is 2.73. The van der Waals surface area contributed by atoms with Gasteiger partial charge in [0.2, 0.25) is 5.91 Å². The number of rotatable bonds is 6. The van der Waals surface area contributed by atoms with Gasteiger partial charge in [-0.3, -0.25) is 9.69 Å². The highest BCUT2D eigenvalue weighted by Crippen LogP contribution is 2.30. The fraction of sp³-hybridized carbons (Fsp3) is 0.375. The first-order chi connectivity index (χ1) is 13.6. The van der Waals surface area contributed by atoms with Gasteiger partial charge in [0.15, 0.2) is 0 Å². The van der Waals surface area contributed by atoms with Gasteiger partial charge >= 0.3 is 0 Å². The third kappa shape index (κ3) is 5.23. The quantitative estimate of drug-likeness (QED) is 0.721. The molecule has 0 aliphatic carbocycles. The summed E-state index contributed by atoms with van der Waals surface area (Å²) in [6.45, 7) is 7.04. The van der Waals surface area contributed by atoms with E-state index in [1.165, 1.54) is 5.57 Å². The van der Waals surface area contributed by atoms with Crippen molar-refractivity contribution in [3.05, 3.63) is 60.2 Å². The van der Waals surface area contributed by atoms with E-state index in [0.29, 0.717) is 0 Å². The van der Waals surface area contributed by atoms with Crippen LogP contribution in [0.1, 0.15) is 26.7 Å². The van der Waals surface area contributed by atoms with Crippen LogP contribution in [0.5, 0.6) is 5.75 Å². The van der Waals surface area contributed by atoms with Crippen molar-refractivity contribution >= 4 is 11.6 Å². The zero-order valence-electron chi connectivity index (χ0n) is 17.1. The van der Waals surface area contributed by atoms with Crippen LogP contribution in [-0.4, -0.2) is 37.6 Å². The Bertz CT molecular complexity index is 823. The molecule has 3 rings (SSSR count). The van der Waals surface area contributed by atoms with Crippen LogP contribution in [0.2, 0.25) is 0 Å². The Morgan fingerprint density at radius 2 is 1.93 bits per heavy atom. The number of nitrogens with one attached hydrogen (secondary N) is 1. The maximum Gasteiger partial charge on any atom is 0.228 e. The fourth-order valence-electron chi connectivity index (χ4n) is 3.60. The molecular weight excluding hydrogens is 348 g/mol. The van der Waals surface area contributed by atoms with Gasteiger partial charge in [-0.25, -0.2) is 0 Å². The molecular formula is C24H30N2O2. The number of allylic oxidation sites excluding steroid dienone is 1. The Hall–Kier alpha value is -2.59. The lowest BCUT2D eigenvalue weighted by Gasteiger charge is -2.31. The molecule has 0 bridgehead atoms. The van der Waals surface area contributed by atoms with E-state index in [0.717, 1.165) is 55.0 Å². The molecule has 2 aromatic carbocycles. The number of nitrogens with zero attached hydrogens (tertiary/aromatic N) is 1. The smallest absolute Gasteiger partial charge is 0.228 e. The molecule has 0 unspecified atom stereocenters. The van der Waals surface area contributed by atoms with Gasteiger partial charge in [0, 0.05) is 24.3 Å². The minimum atomic E-state index is 0.0308. The first kappa shape index (κ1) is 20.2. The molecule has 0 radical (unpaired) electrons. The summed E-state index contributed by atoms with van der Waals surface area (Å²) >= 11 is 0. The second-order valence-corrected chi connectivity index (χ2v) is 7.64. The number of benzene rings is 2. The van der Waals surface area contributed by atoms with Gasteiger partial charge in [0.1, 0.15) is 5.75 Å². The number of amides is 1. The number of ether oxygens (including phenoxy) is 1. The highest BCUT2D eigenvalue weighted by Gasteiger charge is 2.25. The zero-order valence-corrected chi connectivity index (χ0v) is 17.1. The van der Waals surface area contributed by atoms with E-state index in [9.17, 15) is 4.79 Å². The average molecular weight is 379 g/mol. The van der Waals surface area contributed by atoms with Crippen LogP contribution in [0.25, 0.3) is 11.1 Å². The Morgan fingerprint density at radius 1 is 1.18 bits per heavy atom. The molecule has 1 heterocycles. The summed E-state index contributed by atoms with van der Waals surface area (Å²) in [7, 11) is 1.66. The SMILES string of the molecule is COc1ccc(-c2ccccc2NC(=O)[C@H]2CCCN(CC=C(C)C)C2)cc1. The monoisotopic (exact) mass is 378 g/mol. The maximum atomic E-state index is 13.0. The number of hydrogen-bond acceptors (Lipinski definition) is 3. The molecule has 148 valence electrons. The van der Waals surface area contributed by atoms with Crippen molar-refractivity contribution in [2.75, 3.05) is 32.1 Å². The van der Waals surface area contributed by atoms with E-state index >= 15 is 0 Å². The van der Waals surface area contributed by atoms with E-state index in [1.54, 1.807) is 7.11 Å². The molecule has 1 amide bonds. The molecule has 2 aromatic rings. The molecule has 28 heavy (non-hydrogen) atoms. The predicted molar refractivity (Wildman–Crippen MR) is 116 cm³/mol. The first-order valence-corrected chi connectivity index (χ1v) is 9.97. The van der Waals surface area contributed by atoms with E-state index in [-0.39, 0.29) is 11.8 Å². The summed E-state index contributed by atoms with van der Waals surface area (Å²) in [5.74, 6) is 0.968. The standard InChI is InChI=1S/C24H30N2O2/c1-18(2)14-16-26-15-6-7-20(17-26)24(27)25-23-9-5-4-8-22(23)19-10-12-21(28-3)13-11-19/h4-5,8-14,20H,6-7,15-17H2,1-3H3,(H,25,27)/t20-/m0/s1. The van der Waals surface area contributed by atoms with E-state index in [2.05, 4.69) is 30.1 Å². The second-order valence-electron chi connectivity index (χ2n) is 7.64. The van der Waals surface area contributed by atoms with Gasteiger partial charge in [-0.2, -0.15) is 0 Å². The molecule has 1 fully saturated rings. The summed E-state index contributed by atoms with van der Waals surface area (Å²) in [5.41, 5.74) is 4.26. The van der Waals surface area contributed by atoms with Crippen molar-refractivity contribution in [3.8, 4) is 16.9 Å². The number of piperidine rings is 1. The van der Waals surface area contributed by atoms with Crippen LogP contribution in [0, 0.1) is 5.92 Å². The molecule has 1 aliphatic heterocycles. The lowest BCUT2D eigenvalue weighted by Crippen LogP contribution is -2.40. The van der Waals surface area contributed by atoms with Crippen molar-refractivity contribution < 1.29 is 9.53 Å². The van der Waals surface area contributed by atoms with Crippen molar-refractivity contribution in [1.82, 2.24) is 4.90 Å². The Balaban J connectivity index is 1.71. The van der Waals surface area contributed by atoms with E-state index in [1.807, 2.05) is 48.5 Å². The maximum absolute atomic E-state index is 13.0.